The van der Waals surface area contributed by atoms with Crippen LogP contribution in [-0.4, -0.2) is 9.97 Å². The molecule has 8 aliphatic carbocycles. The topological polar surface area (TPSA) is 25.8 Å². The van der Waals surface area contributed by atoms with E-state index in [1.807, 2.05) is 11.8 Å². The van der Waals surface area contributed by atoms with Crippen molar-refractivity contribution >= 4 is 22.9 Å². The van der Waals surface area contributed by atoms with E-state index in [4.69, 9.17) is 9.97 Å². The van der Waals surface area contributed by atoms with Crippen molar-refractivity contribution < 1.29 is 0 Å². The Hall–Kier alpha value is -3.95. The summed E-state index contributed by atoms with van der Waals surface area (Å²) in [6.07, 6.45) is 42.7. The first-order valence-electron chi connectivity index (χ1n) is 20.2. The maximum atomic E-state index is 5.36. The third kappa shape index (κ3) is 4.50. The van der Waals surface area contributed by atoms with Crippen LogP contribution in [0.3, 0.4) is 0 Å². The number of hydrogen-bond donors (Lipinski definition) is 0. The lowest BCUT2D eigenvalue weighted by Crippen LogP contribution is -2.35. The molecule has 52 heavy (non-hydrogen) atoms. The maximum absolute atomic E-state index is 5.36. The zero-order valence-corrected chi connectivity index (χ0v) is 31.4. The molecule has 2 aromatic rings. The predicted molar refractivity (Wildman–Crippen MR) is 216 cm³/mol. The Bertz CT molecular complexity index is 2230. The number of thioether (sulfide) groups is 1. The molecule has 0 N–H and O–H groups in total. The van der Waals surface area contributed by atoms with Crippen LogP contribution >= 0.6 is 11.8 Å². The monoisotopic (exact) mass is 696 g/mol. The predicted octanol–water partition coefficient (Wildman–Crippen LogP) is 13.0. The van der Waals surface area contributed by atoms with E-state index in [9.17, 15) is 0 Å². The fourth-order valence-electron chi connectivity index (χ4n) is 12.1. The highest BCUT2D eigenvalue weighted by Crippen LogP contribution is 2.68. The van der Waals surface area contributed by atoms with Crippen LogP contribution in [0.1, 0.15) is 107 Å². The third-order valence-electron chi connectivity index (χ3n) is 14.4. The molecule has 9 aliphatic rings. The van der Waals surface area contributed by atoms with Crippen LogP contribution in [-0.2, 0) is 0 Å². The summed E-state index contributed by atoms with van der Waals surface area (Å²) in [4.78, 5) is 12.0. The Kier molecular flexibility index (Phi) is 7.15. The summed E-state index contributed by atoms with van der Waals surface area (Å²) < 4.78 is 0. The first-order valence-corrected chi connectivity index (χ1v) is 21.0. The van der Waals surface area contributed by atoms with Gasteiger partial charge in [-0.1, -0.05) is 148 Å². The molecule has 2 nitrogen and oxygen atoms in total. The van der Waals surface area contributed by atoms with Gasteiger partial charge in [0.25, 0.3) is 0 Å². The van der Waals surface area contributed by atoms with Gasteiger partial charge in [0, 0.05) is 28.4 Å². The Morgan fingerprint density at radius 3 is 2.42 bits per heavy atom. The molecular weight excluding hydrogens is 649 g/mol. The van der Waals surface area contributed by atoms with Crippen molar-refractivity contribution in [2.24, 2.45) is 28.6 Å². The van der Waals surface area contributed by atoms with Crippen LogP contribution in [0, 0.1) is 28.6 Å². The molecule has 1 aliphatic heterocycles. The highest BCUT2D eigenvalue weighted by Gasteiger charge is 2.58. The first kappa shape index (κ1) is 31.6. The van der Waals surface area contributed by atoms with Gasteiger partial charge >= 0.3 is 0 Å². The third-order valence-corrected chi connectivity index (χ3v) is 15.6. The highest BCUT2D eigenvalue weighted by atomic mass is 32.2. The molecule has 4 unspecified atom stereocenters. The lowest BCUT2D eigenvalue weighted by atomic mass is 9.60. The van der Waals surface area contributed by atoms with Gasteiger partial charge in [-0.3, -0.25) is 0 Å². The van der Waals surface area contributed by atoms with Gasteiger partial charge < -0.3 is 0 Å². The Morgan fingerprint density at radius 2 is 1.58 bits per heavy atom. The summed E-state index contributed by atoms with van der Waals surface area (Å²) in [5.41, 5.74) is 16.3. The molecule has 0 saturated heterocycles. The van der Waals surface area contributed by atoms with Gasteiger partial charge in [0.1, 0.15) is 5.03 Å². The number of allylic oxidation sites excluding steroid dienone is 20. The van der Waals surface area contributed by atoms with E-state index in [2.05, 4.69) is 111 Å². The van der Waals surface area contributed by atoms with Crippen molar-refractivity contribution in [1.82, 2.24) is 9.97 Å². The van der Waals surface area contributed by atoms with E-state index in [1.54, 1.807) is 27.9 Å². The van der Waals surface area contributed by atoms with Gasteiger partial charge in [-0.15, -0.1) is 0 Å². The van der Waals surface area contributed by atoms with E-state index >= 15 is 0 Å². The van der Waals surface area contributed by atoms with E-state index in [1.165, 1.54) is 65.7 Å². The number of rotatable bonds is 3. The number of benzene rings is 1. The van der Waals surface area contributed by atoms with E-state index in [0.29, 0.717) is 23.2 Å². The molecule has 4 atom stereocenters. The minimum atomic E-state index is -0.0162. The molecule has 1 aromatic carbocycles. The summed E-state index contributed by atoms with van der Waals surface area (Å²) in [6.45, 7) is 5.02. The average molecular weight is 697 g/mol. The second kappa shape index (κ2) is 11.8. The molecule has 0 amide bonds. The quantitative estimate of drug-likeness (QED) is 0.299. The summed E-state index contributed by atoms with van der Waals surface area (Å²) in [7, 11) is 0. The molecule has 11 rings (SSSR count). The van der Waals surface area contributed by atoms with Crippen molar-refractivity contribution in [3.63, 3.8) is 0 Å². The molecule has 2 heterocycles. The Balaban J connectivity index is 0.962. The van der Waals surface area contributed by atoms with Crippen LogP contribution < -0.4 is 0 Å². The maximum Gasteiger partial charge on any atom is 0.161 e. The average Bonchev–Trinajstić information content (AvgIpc) is 3.78. The van der Waals surface area contributed by atoms with Gasteiger partial charge in [0.15, 0.2) is 5.82 Å². The van der Waals surface area contributed by atoms with Gasteiger partial charge in [0.05, 0.1) is 5.69 Å². The molecule has 1 aromatic heterocycles. The molecule has 0 radical (unpaired) electrons. The summed E-state index contributed by atoms with van der Waals surface area (Å²) in [5.74, 6) is 3.18. The molecule has 3 heteroatoms. The smallest absolute Gasteiger partial charge is 0.161 e. The minimum Gasteiger partial charge on any atom is -0.228 e. The van der Waals surface area contributed by atoms with E-state index in [-0.39, 0.29) is 5.41 Å². The zero-order valence-electron chi connectivity index (χ0n) is 30.6. The van der Waals surface area contributed by atoms with E-state index < -0.39 is 0 Å². The zero-order chi connectivity index (χ0) is 34.6. The second-order valence-electron chi connectivity index (χ2n) is 17.3. The molecular formula is C49H48N2S. The van der Waals surface area contributed by atoms with Crippen LogP contribution in [0.25, 0.3) is 22.5 Å². The number of hydrogen-bond acceptors (Lipinski definition) is 3. The largest absolute Gasteiger partial charge is 0.228 e. The molecule has 2 fully saturated rings. The fraction of sp³-hybridized carbons (Fsp3) is 0.388. The molecule has 2 saturated carbocycles. The van der Waals surface area contributed by atoms with Gasteiger partial charge in [-0.25, -0.2) is 9.97 Å². The van der Waals surface area contributed by atoms with Gasteiger partial charge in [0.2, 0.25) is 0 Å². The van der Waals surface area contributed by atoms with Crippen LogP contribution in [0.2, 0.25) is 0 Å². The van der Waals surface area contributed by atoms with Crippen molar-refractivity contribution in [2.45, 2.75) is 95.4 Å². The van der Waals surface area contributed by atoms with E-state index in [0.717, 1.165) is 60.1 Å². The lowest BCUT2D eigenvalue weighted by Gasteiger charge is -2.44. The Morgan fingerprint density at radius 1 is 0.769 bits per heavy atom. The van der Waals surface area contributed by atoms with Gasteiger partial charge in [-0.2, -0.15) is 0 Å². The van der Waals surface area contributed by atoms with Crippen LogP contribution in [0.4, 0.5) is 0 Å². The minimum absolute atomic E-state index is 0.0162. The summed E-state index contributed by atoms with van der Waals surface area (Å²) in [5, 5.41) is 1.15. The molecule has 260 valence electrons. The lowest BCUT2D eigenvalue weighted by molar-refractivity contribution is 0.0953. The van der Waals surface area contributed by atoms with Crippen LogP contribution in [0.5, 0.6) is 0 Å². The number of nitrogens with zero attached hydrogens (tertiary/aromatic N) is 2. The standard InChI is InChI=1S/C49H48N2S/c1-48(2)40-28-37-34-16-7-9-20-39(34)49(26-11-4-12-27-49)41(37)29-38(40)35-19-13-18-33(44(35)48)30-22-24-32(25-23-30)46-50-45(31-14-5-3-6-15-31)43-36-17-8-10-21-42(36)52-47(43)51-46/h3,5,7-10,14,16,18,21-25,28-29,36-37,39,41H,4,6,11-13,15,17,19-20,26-27H2,1-2H3. The van der Waals surface area contributed by atoms with Crippen molar-refractivity contribution in [3.8, 4) is 11.4 Å². The molecule has 0 bridgehead atoms. The first-order chi connectivity index (χ1) is 25.5. The fourth-order valence-corrected chi connectivity index (χ4v) is 13.3. The summed E-state index contributed by atoms with van der Waals surface area (Å²) >= 11 is 1.85. The van der Waals surface area contributed by atoms with Crippen molar-refractivity contribution in [2.75, 3.05) is 0 Å². The number of fused-ring (bicyclic) bond motifs is 10. The Labute approximate surface area is 313 Å². The van der Waals surface area contributed by atoms with Crippen molar-refractivity contribution in [3.05, 3.63) is 147 Å². The SMILES string of the molecule is CC1(C)C2=CC3C4=CC=CCC4C4(CCCCC4)C3C=C2C2=C1C(c1ccc(-c3nc4c(c(C5=CC=CCC5)n3)C3CC=CC=C3S4)cc1)=CCC2. The number of aromatic nitrogens is 2. The normalized spacial score (nSPS) is 29.9. The molecule has 1 spiro atoms. The van der Waals surface area contributed by atoms with Crippen molar-refractivity contribution in [1.29, 1.82) is 0 Å². The summed E-state index contributed by atoms with van der Waals surface area (Å²) in [6, 6.07) is 9.28. The van der Waals surface area contributed by atoms with Crippen LogP contribution in [0.15, 0.2) is 135 Å². The van der Waals surface area contributed by atoms with Gasteiger partial charge in [-0.05, 0) is 113 Å². The second-order valence-corrected chi connectivity index (χ2v) is 18.3. The highest BCUT2D eigenvalue weighted by molar-refractivity contribution is 8.03.